The van der Waals surface area contributed by atoms with Crippen LogP contribution in [0.1, 0.15) is 17.7 Å². The highest BCUT2D eigenvalue weighted by molar-refractivity contribution is 5.91. The average molecular weight is 376 g/mol. The smallest absolute Gasteiger partial charge is 0.239 e. The van der Waals surface area contributed by atoms with Crippen LogP contribution in [0, 0.1) is 12.7 Å². The minimum Gasteiger partial charge on any atom is -0.396 e. The number of piperazine rings is 1. The third-order valence-electron chi connectivity index (χ3n) is 4.75. The lowest BCUT2D eigenvalue weighted by molar-refractivity contribution is -0.118. The predicted molar refractivity (Wildman–Crippen MR) is 98.6 cm³/mol. The molecule has 7 nitrogen and oxygen atoms in total. The van der Waals surface area contributed by atoms with Crippen LogP contribution in [0.25, 0.3) is 0 Å². The van der Waals surface area contributed by atoms with E-state index in [1.807, 2.05) is 11.0 Å². The summed E-state index contributed by atoms with van der Waals surface area (Å²) < 4.78 is 18.9. The van der Waals surface area contributed by atoms with E-state index in [0.717, 1.165) is 0 Å². The van der Waals surface area contributed by atoms with Crippen LogP contribution >= 0.6 is 0 Å². The van der Waals surface area contributed by atoms with Gasteiger partial charge in [-0.2, -0.15) is 0 Å². The van der Waals surface area contributed by atoms with E-state index in [4.69, 9.17) is 4.52 Å². The first-order valence-electron chi connectivity index (χ1n) is 9.09. The Bertz CT molecular complexity index is 767. The summed E-state index contributed by atoms with van der Waals surface area (Å²) in [5.41, 5.74) is 0.646. The first kappa shape index (κ1) is 19.5. The van der Waals surface area contributed by atoms with E-state index in [2.05, 4.69) is 15.4 Å². The summed E-state index contributed by atoms with van der Waals surface area (Å²) in [6.07, 6.45) is 0.578. The van der Waals surface area contributed by atoms with Crippen molar-refractivity contribution in [3.8, 4) is 0 Å². The molecular weight excluding hydrogens is 351 g/mol. The van der Waals surface area contributed by atoms with Crippen LogP contribution in [0.3, 0.4) is 0 Å². The van der Waals surface area contributed by atoms with Gasteiger partial charge in [-0.15, -0.1) is 0 Å². The molecule has 1 aromatic carbocycles. The Hall–Kier alpha value is -2.29. The summed E-state index contributed by atoms with van der Waals surface area (Å²) in [4.78, 5) is 16.4. The van der Waals surface area contributed by atoms with E-state index in [1.165, 1.54) is 6.07 Å². The van der Waals surface area contributed by atoms with Gasteiger partial charge in [-0.3, -0.25) is 14.6 Å². The van der Waals surface area contributed by atoms with Gasteiger partial charge in [-0.25, -0.2) is 4.39 Å². The zero-order valence-corrected chi connectivity index (χ0v) is 15.4. The number of carbonyl (C=O) groups is 1. The Kier molecular flexibility index (Phi) is 6.54. The first-order chi connectivity index (χ1) is 13.0. The molecule has 2 aromatic rings. The molecule has 2 heterocycles. The lowest BCUT2D eigenvalue weighted by atomic mass is 10.1. The Morgan fingerprint density at radius 3 is 2.93 bits per heavy atom. The van der Waals surface area contributed by atoms with Gasteiger partial charge in [0.25, 0.3) is 0 Å². The maximum absolute atomic E-state index is 14.0. The third-order valence-corrected chi connectivity index (χ3v) is 4.75. The second-order valence-electron chi connectivity index (χ2n) is 6.83. The van der Waals surface area contributed by atoms with E-state index >= 15 is 0 Å². The number of hydrogen-bond acceptors (Lipinski definition) is 6. The number of rotatable bonds is 7. The van der Waals surface area contributed by atoms with Gasteiger partial charge in [0.15, 0.2) is 5.82 Å². The van der Waals surface area contributed by atoms with Crippen molar-refractivity contribution in [2.24, 2.45) is 0 Å². The third kappa shape index (κ3) is 5.35. The lowest BCUT2D eigenvalue weighted by Gasteiger charge is -2.41. The number of aliphatic hydroxyl groups is 1. The molecule has 1 amide bonds. The molecular formula is C19H25FN4O3. The summed E-state index contributed by atoms with van der Waals surface area (Å²) >= 11 is 0. The molecule has 0 saturated carbocycles. The van der Waals surface area contributed by atoms with Gasteiger partial charge in [-0.1, -0.05) is 23.4 Å². The number of hydrogen-bond donors (Lipinski definition) is 2. The number of aromatic nitrogens is 1. The minimum absolute atomic E-state index is 0.0523. The topological polar surface area (TPSA) is 81.8 Å². The quantitative estimate of drug-likeness (QED) is 0.764. The van der Waals surface area contributed by atoms with E-state index in [0.29, 0.717) is 49.7 Å². The fraction of sp³-hybridized carbons (Fsp3) is 0.474. The molecule has 1 atom stereocenters. The van der Waals surface area contributed by atoms with Gasteiger partial charge in [0.05, 0.1) is 6.54 Å². The molecule has 2 N–H and O–H groups in total. The van der Waals surface area contributed by atoms with Crippen LogP contribution < -0.4 is 5.32 Å². The molecule has 1 aromatic heterocycles. The normalized spacial score (nSPS) is 18.6. The summed E-state index contributed by atoms with van der Waals surface area (Å²) in [6.45, 7) is 4.59. The number of aryl methyl sites for hydroxylation is 1. The van der Waals surface area contributed by atoms with Crippen LogP contribution in [0.2, 0.25) is 0 Å². The maximum Gasteiger partial charge on any atom is 0.239 e. The predicted octanol–water partition coefficient (Wildman–Crippen LogP) is 1.63. The second kappa shape index (κ2) is 9.07. The molecule has 3 rings (SSSR count). The highest BCUT2D eigenvalue weighted by Gasteiger charge is 2.28. The standard InChI is InChI=1S/C19H25FN4O3/c1-14-10-18(22-27-14)21-19(26)13-23-7-8-24(16(12-23)6-9-25)11-15-4-2-3-5-17(15)20/h2-5,10,16,25H,6-9,11-13H2,1H3,(H,21,22,26)/t16-/m0/s1. The first-order valence-corrected chi connectivity index (χ1v) is 9.09. The summed E-state index contributed by atoms with van der Waals surface area (Å²) in [7, 11) is 0. The van der Waals surface area contributed by atoms with Gasteiger partial charge in [0.2, 0.25) is 5.91 Å². The monoisotopic (exact) mass is 376 g/mol. The lowest BCUT2D eigenvalue weighted by Crippen LogP contribution is -2.54. The average Bonchev–Trinajstić information content (AvgIpc) is 3.04. The van der Waals surface area contributed by atoms with E-state index in [-0.39, 0.29) is 30.9 Å². The Labute approximate surface area is 157 Å². The Morgan fingerprint density at radius 1 is 1.41 bits per heavy atom. The van der Waals surface area contributed by atoms with Crippen molar-refractivity contribution in [1.82, 2.24) is 15.0 Å². The minimum atomic E-state index is -0.218. The van der Waals surface area contributed by atoms with Gasteiger partial charge in [0, 0.05) is 50.5 Å². The maximum atomic E-state index is 14.0. The van der Waals surface area contributed by atoms with Crippen molar-refractivity contribution in [3.63, 3.8) is 0 Å². The van der Waals surface area contributed by atoms with Crippen LogP contribution in [0.15, 0.2) is 34.9 Å². The molecule has 1 aliphatic rings. The largest absolute Gasteiger partial charge is 0.396 e. The molecule has 0 spiro atoms. The number of benzene rings is 1. The molecule has 0 bridgehead atoms. The molecule has 8 heteroatoms. The summed E-state index contributed by atoms with van der Waals surface area (Å²) in [6, 6.07) is 8.47. The molecule has 146 valence electrons. The van der Waals surface area contributed by atoms with Crippen molar-refractivity contribution in [2.75, 3.05) is 38.1 Å². The number of carbonyl (C=O) groups excluding carboxylic acids is 1. The van der Waals surface area contributed by atoms with Crippen molar-refractivity contribution in [2.45, 2.75) is 25.9 Å². The van der Waals surface area contributed by atoms with Gasteiger partial charge in [0.1, 0.15) is 11.6 Å². The van der Waals surface area contributed by atoms with E-state index < -0.39 is 0 Å². The van der Waals surface area contributed by atoms with Crippen molar-refractivity contribution in [3.05, 3.63) is 47.5 Å². The molecule has 0 radical (unpaired) electrons. The zero-order valence-electron chi connectivity index (χ0n) is 15.4. The number of nitrogens with zero attached hydrogens (tertiary/aromatic N) is 3. The van der Waals surface area contributed by atoms with Crippen LogP contribution in [0.5, 0.6) is 0 Å². The number of amides is 1. The molecule has 1 aliphatic heterocycles. The van der Waals surface area contributed by atoms with E-state index in [9.17, 15) is 14.3 Å². The second-order valence-corrected chi connectivity index (χ2v) is 6.83. The van der Waals surface area contributed by atoms with Gasteiger partial charge < -0.3 is 14.9 Å². The van der Waals surface area contributed by atoms with Gasteiger partial charge >= 0.3 is 0 Å². The molecule has 1 saturated heterocycles. The summed E-state index contributed by atoms with van der Waals surface area (Å²) in [5, 5.41) is 15.9. The van der Waals surface area contributed by atoms with Crippen molar-refractivity contribution < 1.29 is 18.8 Å². The zero-order chi connectivity index (χ0) is 19.2. The number of anilines is 1. The van der Waals surface area contributed by atoms with Crippen molar-refractivity contribution >= 4 is 11.7 Å². The number of aliphatic hydroxyl groups excluding tert-OH is 1. The number of nitrogens with one attached hydrogen (secondary N) is 1. The Morgan fingerprint density at radius 2 is 2.22 bits per heavy atom. The number of halogens is 1. The van der Waals surface area contributed by atoms with Crippen LogP contribution in [-0.2, 0) is 11.3 Å². The highest BCUT2D eigenvalue weighted by Crippen LogP contribution is 2.18. The molecule has 0 aliphatic carbocycles. The van der Waals surface area contributed by atoms with Crippen LogP contribution in [-0.4, -0.2) is 64.8 Å². The van der Waals surface area contributed by atoms with Crippen molar-refractivity contribution in [1.29, 1.82) is 0 Å². The molecule has 0 unspecified atom stereocenters. The van der Waals surface area contributed by atoms with E-state index in [1.54, 1.807) is 25.1 Å². The highest BCUT2D eigenvalue weighted by atomic mass is 19.1. The molecule has 27 heavy (non-hydrogen) atoms. The fourth-order valence-corrected chi connectivity index (χ4v) is 3.39. The molecule has 1 fully saturated rings. The van der Waals surface area contributed by atoms with Crippen LogP contribution in [0.4, 0.5) is 10.2 Å². The fourth-order valence-electron chi connectivity index (χ4n) is 3.39. The Balaban J connectivity index is 1.56. The van der Waals surface area contributed by atoms with Gasteiger partial charge in [-0.05, 0) is 19.4 Å². The summed E-state index contributed by atoms with van der Waals surface area (Å²) in [5.74, 6) is 0.663. The SMILES string of the molecule is Cc1cc(NC(=O)CN2CCN(Cc3ccccc3F)[C@@H](CCO)C2)no1.